The normalized spacial score (nSPS) is 13.5. The van der Waals surface area contributed by atoms with Crippen molar-refractivity contribution in [2.24, 2.45) is 0 Å². The van der Waals surface area contributed by atoms with E-state index in [2.05, 4.69) is 5.32 Å². The van der Waals surface area contributed by atoms with Gasteiger partial charge in [-0.25, -0.2) is 0 Å². The van der Waals surface area contributed by atoms with Gasteiger partial charge in [0.15, 0.2) is 0 Å². The third kappa shape index (κ3) is 3.60. The maximum Gasteiger partial charge on any atom is 0.264 e. The van der Waals surface area contributed by atoms with Crippen LogP contribution >= 0.6 is 11.3 Å². The average molecular weight is 330 g/mol. The Bertz CT molecular complexity index is 713. The van der Waals surface area contributed by atoms with Crippen LogP contribution in [0.4, 0.5) is 5.69 Å². The van der Waals surface area contributed by atoms with Gasteiger partial charge in [-0.2, -0.15) is 0 Å². The molecular weight excluding hydrogens is 312 g/mol. The second kappa shape index (κ2) is 6.93. The minimum absolute atomic E-state index is 0.0279. The number of amides is 2. The summed E-state index contributed by atoms with van der Waals surface area (Å²) in [5.41, 5.74) is 3.04. The van der Waals surface area contributed by atoms with Gasteiger partial charge in [-0.15, -0.1) is 11.3 Å². The van der Waals surface area contributed by atoms with Gasteiger partial charge in [-0.1, -0.05) is 12.1 Å². The molecule has 0 saturated carbocycles. The van der Waals surface area contributed by atoms with E-state index in [-0.39, 0.29) is 18.4 Å². The van der Waals surface area contributed by atoms with Crippen LogP contribution in [0.5, 0.6) is 0 Å². The summed E-state index contributed by atoms with van der Waals surface area (Å²) in [7, 11) is 1.49. The highest BCUT2D eigenvalue weighted by molar-refractivity contribution is 7.12. The molecule has 0 aliphatic carbocycles. The van der Waals surface area contributed by atoms with E-state index in [1.54, 1.807) is 0 Å². The van der Waals surface area contributed by atoms with E-state index in [1.165, 1.54) is 24.0 Å². The molecule has 0 unspecified atom stereocenters. The minimum atomic E-state index is -0.185. The molecule has 5 nitrogen and oxygen atoms in total. The van der Waals surface area contributed by atoms with Crippen molar-refractivity contribution in [1.29, 1.82) is 0 Å². The lowest BCUT2D eigenvalue weighted by Gasteiger charge is -2.29. The fraction of sp³-hybridized carbons (Fsp3) is 0.294. The van der Waals surface area contributed by atoms with E-state index in [4.69, 9.17) is 4.74 Å². The summed E-state index contributed by atoms with van der Waals surface area (Å²) >= 11 is 1.46. The van der Waals surface area contributed by atoms with Crippen LogP contribution in [0, 0.1) is 0 Å². The van der Waals surface area contributed by atoms with Crippen LogP contribution in [0.3, 0.4) is 0 Å². The topological polar surface area (TPSA) is 58.6 Å². The van der Waals surface area contributed by atoms with Gasteiger partial charge in [0.05, 0.1) is 4.88 Å². The standard InChI is InChI=1S/C17H18N2O3S/c1-22-11-16(20)18-14-5-4-12-6-7-19(10-13(12)9-14)17(21)15-3-2-8-23-15/h2-5,8-9H,6-7,10-11H2,1H3,(H,18,20). The zero-order valence-electron chi connectivity index (χ0n) is 12.9. The molecule has 2 aromatic rings. The minimum Gasteiger partial charge on any atom is -0.375 e. The van der Waals surface area contributed by atoms with Crippen LogP contribution < -0.4 is 5.32 Å². The van der Waals surface area contributed by atoms with Crippen molar-refractivity contribution in [3.8, 4) is 0 Å². The monoisotopic (exact) mass is 330 g/mol. The molecule has 0 atom stereocenters. The Kier molecular flexibility index (Phi) is 4.73. The Labute approximate surface area is 138 Å². The molecular formula is C17H18N2O3S. The van der Waals surface area contributed by atoms with Gasteiger partial charge in [0.1, 0.15) is 6.61 Å². The largest absolute Gasteiger partial charge is 0.375 e. The first-order chi connectivity index (χ1) is 11.2. The zero-order chi connectivity index (χ0) is 16.2. The lowest BCUT2D eigenvalue weighted by atomic mass is 9.99. The van der Waals surface area contributed by atoms with Gasteiger partial charge in [0.25, 0.3) is 5.91 Å². The van der Waals surface area contributed by atoms with Crippen LogP contribution in [-0.4, -0.2) is 37.0 Å². The highest BCUT2D eigenvalue weighted by Gasteiger charge is 2.22. The van der Waals surface area contributed by atoms with Crippen LogP contribution in [-0.2, 0) is 22.5 Å². The van der Waals surface area contributed by atoms with Crippen molar-refractivity contribution >= 4 is 28.8 Å². The molecule has 2 heterocycles. The summed E-state index contributed by atoms with van der Waals surface area (Å²) in [6.07, 6.45) is 0.832. The number of hydrogen-bond donors (Lipinski definition) is 1. The van der Waals surface area contributed by atoms with E-state index in [9.17, 15) is 9.59 Å². The van der Waals surface area contributed by atoms with Crippen molar-refractivity contribution in [2.75, 3.05) is 25.6 Å². The van der Waals surface area contributed by atoms with Gasteiger partial charge < -0.3 is 15.0 Å². The molecule has 23 heavy (non-hydrogen) atoms. The van der Waals surface area contributed by atoms with E-state index in [0.717, 1.165) is 29.1 Å². The van der Waals surface area contributed by atoms with Crippen molar-refractivity contribution < 1.29 is 14.3 Å². The van der Waals surface area contributed by atoms with E-state index in [0.29, 0.717) is 6.54 Å². The van der Waals surface area contributed by atoms with Crippen LogP contribution in [0.25, 0.3) is 0 Å². The Morgan fingerprint density at radius 1 is 1.30 bits per heavy atom. The van der Waals surface area contributed by atoms with Gasteiger partial charge in [-0.05, 0) is 41.1 Å². The molecule has 0 radical (unpaired) electrons. The Balaban J connectivity index is 1.74. The summed E-state index contributed by atoms with van der Waals surface area (Å²) < 4.78 is 4.81. The number of nitrogens with zero attached hydrogens (tertiary/aromatic N) is 1. The summed E-state index contributed by atoms with van der Waals surface area (Å²) in [6, 6.07) is 9.59. The maximum atomic E-state index is 12.5. The number of fused-ring (bicyclic) bond motifs is 1. The fourth-order valence-electron chi connectivity index (χ4n) is 2.69. The lowest BCUT2D eigenvalue weighted by Crippen LogP contribution is -2.35. The summed E-state index contributed by atoms with van der Waals surface area (Å²) in [4.78, 5) is 26.7. The van der Waals surface area contributed by atoms with Crippen molar-refractivity contribution in [2.45, 2.75) is 13.0 Å². The smallest absolute Gasteiger partial charge is 0.264 e. The molecule has 120 valence electrons. The summed E-state index contributed by atoms with van der Waals surface area (Å²) in [5, 5.41) is 4.71. The number of thiophene rings is 1. The van der Waals surface area contributed by atoms with Crippen molar-refractivity contribution in [1.82, 2.24) is 4.90 Å². The van der Waals surface area contributed by atoms with Gasteiger partial charge >= 0.3 is 0 Å². The molecule has 1 aliphatic rings. The third-order valence-corrected chi connectivity index (χ3v) is 4.65. The number of carbonyl (C=O) groups excluding carboxylic acids is 2. The number of ether oxygens (including phenoxy) is 1. The molecule has 1 N–H and O–H groups in total. The first-order valence-corrected chi connectivity index (χ1v) is 8.28. The number of benzene rings is 1. The fourth-order valence-corrected chi connectivity index (χ4v) is 3.38. The summed E-state index contributed by atoms with van der Waals surface area (Å²) in [6.45, 7) is 1.32. The van der Waals surface area contributed by atoms with Crippen LogP contribution in [0.2, 0.25) is 0 Å². The zero-order valence-corrected chi connectivity index (χ0v) is 13.7. The van der Waals surface area contributed by atoms with Crippen LogP contribution in [0.1, 0.15) is 20.8 Å². The molecule has 1 aliphatic heterocycles. The first-order valence-electron chi connectivity index (χ1n) is 7.41. The first kappa shape index (κ1) is 15.7. The molecule has 0 bridgehead atoms. The molecule has 3 rings (SSSR count). The Hall–Kier alpha value is -2.18. The number of hydrogen-bond acceptors (Lipinski definition) is 4. The highest BCUT2D eigenvalue weighted by Crippen LogP contribution is 2.24. The van der Waals surface area contributed by atoms with E-state index < -0.39 is 0 Å². The summed E-state index contributed by atoms with van der Waals surface area (Å²) in [5.74, 6) is -0.116. The average Bonchev–Trinajstić information content (AvgIpc) is 3.08. The number of anilines is 1. The molecule has 6 heteroatoms. The molecule has 1 aromatic heterocycles. The maximum absolute atomic E-state index is 12.5. The quantitative estimate of drug-likeness (QED) is 0.937. The number of nitrogens with one attached hydrogen (secondary N) is 1. The third-order valence-electron chi connectivity index (χ3n) is 3.80. The van der Waals surface area contributed by atoms with Crippen LogP contribution in [0.15, 0.2) is 35.7 Å². The highest BCUT2D eigenvalue weighted by atomic mass is 32.1. The van der Waals surface area contributed by atoms with Gasteiger partial charge in [-0.3, -0.25) is 9.59 Å². The predicted octanol–water partition coefficient (Wildman–Crippen LogP) is 2.53. The molecule has 0 spiro atoms. The lowest BCUT2D eigenvalue weighted by molar-refractivity contribution is -0.119. The van der Waals surface area contributed by atoms with E-state index >= 15 is 0 Å². The molecule has 0 saturated heterocycles. The molecule has 0 fully saturated rings. The van der Waals surface area contributed by atoms with Crippen molar-refractivity contribution in [3.63, 3.8) is 0 Å². The Morgan fingerprint density at radius 2 is 2.17 bits per heavy atom. The number of carbonyl (C=O) groups is 2. The van der Waals surface area contributed by atoms with Gasteiger partial charge in [0.2, 0.25) is 5.91 Å². The van der Waals surface area contributed by atoms with E-state index in [1.807, 2.05) is 40.6 Å². The van der Waals surface area contributed by atoms with Gasteiger partial charge in [0, 0.05) is 25.9 Å². The Morgan fingerprint density at radius 3 is 2.91 bits per heavy atom. The van der Waals surface area contributed by atoms with Crippen molar-refractivity contribution in [3.05, 3.63) is 51.7 Å². The second-order valence-electron chi connectivity index (χ2n) is 5.42. The second-order valence-corrected chi connectivity index (χ2v) is 6.37. The molecule has 1 aromatic carbocycles. The number of methoxy groups -OCH3 is 1. The number of rotatable bonds is 4. The molecule has 2 amide bonds. The SMILES string of the molecule is COCC(=O)Nc1ccc2c(c1)CN(C(=O)c1cccs1)CC2. The predicted molar refractivity (Wildman–Crippen MR) is 89.7 cm³/mol.